The monoisotopic (exact) mass is 355 g/mol. The van der Waals surface area contributed by atoms with Crippen LogP contribution in [0.4, 0.5) is 17.1 Å². The molecule has 0 radical (unpaired) electrons. The molecule has 0 aliphatic heterocycles. The zero-order valence-electron chi connectivity index (χ0n) is 16.1. The number of rotatable bonds is 3. The van der Waals surface area contributed by atoms with Gasteiger partial charge in [-0.25, -0.2) is 0 Å². The van der Waals surface area contributed by atoms with E-state index < -0.39 is 4.92 Å². The summed E-state index contributed by atoms with van der Waals surface area (Å²) in [5.41, 5.74) is 1.61. The lowest BCUT2D eigenvalue weighted by atomic mass is 9.79. The molecule has 0 heterocycles. The predicted molar refractivity (Wildman–Crippen MR) is 103 cm³/mol. The van der Waals surface area contributed by atoms with Gasteiger partial charge in [-0.2, -0.15) is 5.11 Å². The fourth-order valence-electron chi connectivity index (χ4n) is 2.64. The van der Waals surface area contributed by atoms with Gasteiger partial charge in [0.15, 0.2) is 5.69 Å². The van der Waals surface area contributed by atoms with E-state index in [1.807, 2.05) is 41.5 Å². The van der Waals surface area contributed by atoms with E-state index in [4.69, 9.17) is 0 Å². The summed E-state index contributed by atoms with van der Waals surface area (Å²) in [7, 11) is 0. The van der Waals surface area contributed by atoms with Crippen molar-refractivity contribution in [3.63, 3.8) is 0 Å². The van der Waals surface area contributed by atoms with Crippen molar-refractivity contribution in [2.24, 2.45) is 10.2 Å². The van der Waals surface area contributed by atoms with Crippen molar-refractivity contribution in [2.45, 2.75) is 52.4 Å². The largest absolute Gasteiger partial charge is 0.507 e. The molecule has 0 aromatic heterocycles. The summed E-state index contributed by atoms with van der Waals surface area (Å²) in [5.74, 6) is 0.259. The molecule has 26 heavy (non-hydrogen) atoms. The maximum atomic E-state index is 11.1. The van der Waals surface area contributed by atoms with Crippen molar-refractivity contribution in [1.29, 1.82) is 0 Å². The molecule has 0 saturated heterocycles. The van der Waals surface area contributed by atoms with E-state index in [-0.39, 0.29) is 28.0 Å². The Morgan fingerprint density at radius 2 is 1.42 bits per heavy atom. The van der Waals surface area contributed by atoms with Crippen LogP contribution in [-0.4, -0.2) is 10.0 Å². The molecule has 1 N–H and O–H groups in total. The third kappa shape index (κ3) is 4.25. The number of nitro benzene ring substituents is 1. The lowest BCUT2D eigenvalue weighted by molar-refractivity contribution is -0.384. The van der Waals surface area contributed by atoms with Gasteiger partial charge in [-0.1, -0.05) is 53.7 Å². The van der Waals surface area contributed by atoms with Crippen LogP contribution in [0.15, 0.2) is 46.6 Å². The average molecular weight is 355 g/mol. The number of para-hydroxylation sites is 1. The minimum atomic E-state index is -0.480. The van der Waals surface area contributed by atoms with Gasteiger partial charge in [-0.15, -0.1) is 5.11 Å². The molecule has 2 rings (SSSR count). The Morgan fingerprint density at radius 3 is 1.88 bits per heavy atom. The topological polar surface area (TPSA) is 88.1 Å². The summed E-state index contributed by atoms with van der Waals surface area (Å²) in [6, 6.07) is 9.78. The standard InChI is InChI=1S/C20H25N3O3/c1-19(2,3)14-11-13(12-15(18(14)24)20(4,5)6)21-22-16-9-7-8-10-17(16)23(25)26/h7-12,24H,1-6H3. The normalized spacial score (nSPS) is 12.5. The van der Waals surface area contributed by atoms with Crippen LogP contribution < -0.4 is 0 Å². The third-order valence-electron chi connectivity index (χ3n) is 4.06. The van der Waals surface area contributed by atoms with E-state index in [1.165, 1.54) is 6.07 Å². The van der Waals surface area contributed by atoms with Gasteiger partial charge in [-0.05, 0) is 29.0 Å². The molecule has 0 bridgehead atoms. The van der Waals surface area contributed by atoms with Gasteiger partial charge in [0, 0.05) is 17.2 Å². The number of benzene rings is 2. The molecule has 0 amide bonds. The van der Waals surface area contributed by atoms with Crippen molar-refractivity contribution in [1.82, 2.24) is 0 Å². The average Bonchev–Trinajstić information content (AvgIpc) is 2.51. The van der Waals surface area contributed by atoms with Gasteiger partial charge < -0.3 is 5.11 Å². The lowest BCUT2D eigenvalue weighted by Gasteiger charge is -2.27. The second-order valence-corrected chi connectivity index (χ2v) is 8.34. The highest BCUT2D eigenvalue weighted by Crippen LogP contribution is 2.42. The highest BCUT2D eigenvalue weighted by molar-refractivity contribution is 5.59. The quantitative estimate of drug-likeness (QED) is 0.397. The van der Waals surface area contributed by atoms with Crippen molar-refractivity contribution in [2.75, 3.05) is 0 Å². The Labute approximate surface area is 153 Å². The fourth-order valence-corrected chi connectivity index (χ4v) is 2.64. The summed E-state index contributed by atoms with van der Waals surface area (Å²) < 4.78 is 0. The number of phenols is 1. The van der Waals surface area contributed by atoms with Gasteiger partial charge in [0.1, 0.15) is 5.75 Å². The van der Waals surface area contributed by atoms with Crippen LogP contribution in [0.3, 0.4) is 0 Å². The van der Waals surface area contributed by atoms with E-state index in [2.05, 4.69) is 10.2 Å². The van der Waals surface area contributed by atoms with Crippen LogP contribution in [0.1, 0.15) is 52.7 Å². The molecule has 2 aromatic carbocycles. The van der Waals surface area contributed by atoms with E-state index in [0.29, 0.717) is 5.69 Å². The Morgan fingerprint density at radius 1 is 0.923 bits per heavy atom. The van der Waals surface area contributed by atoms with Crippen molar-refractivity contribution < 1.29 is 10.0 Å². The lowest BCUT2D eigenvalue weighted by Crippen LogP contribution is -2.16. The molecule has 0 spiro atoms. The van der Waals surface area contributed by atoms with E-state index >= 15 is 0 Å². The van der Waals surface area contributed by atoms with Crippen LogP contribution in [0, 0.1) is 10.1 Å². The number of nitro groups is 1. The maximum absolute atomic E-state index is 11.1. The van der Waals surface area contributed by atoms with Crippen molar-refractivity contribution >= 4 is 17.1 Å². The molecule has 0 atom stereocenters. The van der Waals surface area contributed by atoms with Crippen LogP contribution in [0.25, 0.3) is 0 Å². The summed E-state index contributed by atoms with van der Waals surface area (Å²) in [6.45, 7) is 12.1. The summed E-state index contributed by atoms with van der Waals surface area (Å²) in [6.07, 6.45) is 0. The third-order valence-corrected chi connectivity index (χ3v) is 4.06. The maximum Gasteiger partial charge on any atom is 0.296 e. The summed E-state index contributed by atoms with van der Waals surface area (Å²) in [4.78, 5) is 10.6. The fraction of sp³-hybridized carbons (Fsp3) is 0.400. The van der Waals surface area contributed by atoms with Crippen LogP contribution in [0.5, 0.6) is 5.75 Å². The van der Waals surface area contributed by atoms with E-state index in [0.717, 1.165) is 11.1 Å². The molecular formula is C20H25N3O3. The Bertz CT molecular complexity index is 824. The number of aromatic hydroxyl groups is 1. The zero-order valence-corrected chi connectivity index (χ0v) is 16.1. The van der Waals surface area contributed by atoms with Crippen LogP contribution >= 0.6 is 0 Å². The summed E-state index contributed by atoms with van der Waals surface area (Å²) in [5, 5.41) is 30.1. The molecule has 6 nitrogen and oxygen atoms in total. The van der Waals surface area contributed by atoms with E-state index in [9.17, 15) is 15.2 Å². The number of nitrogens with zero attached hydrogens (tertiary/aromatic N) is 3. The minimum absolute atomic E-state index is 0.0953. The van der Waals surface area contributed by atoms with Gasteiger partial charge in [0.05, 0.1) is 10.6 Å². The molecule has 0 fully saturated rings. The van der Waals surface area contributed by atoms with E-state index in [1.54, 1.807) is 30.3 Å². The Balaban J connectivity index is 2.59. The minimum Gasteiger partial charge on any atom is -0.507 e. The first kappa shape index (κ1) is 19.6. The molecule has 138 valence electrons. The molecule has 2 aromatic rings. The first-order chi connectivity index (χ1) is 11.9. The Kier molecular flexibility index (Phi) is 5.16. The molecule has 0 aliphatic rings. The Hall–Kier alpha value is -2.76. The molecule has 0 aliphatic carbocycles. The number of hydrogen-bond acceptors (Lipinski definition) is 5. The summed E-state index contributed by atoms with van der Waals surface area (Å²) >= 11 is 0. The highest BCUT2D eigenvalue weighted by atomic mass is 16.6. The number of phenolic OH excluding ortho intramolecular Hbond substituents is 1. The van der Waals surface area contributed by atoms with Gasteiger partial charge >= 0.3 is 0 Å². The second-order valence-electron chi connectivity index (χ2n) is 8.34. The molecule has 6 heteroatoms. The second kappa shape index (κ2) is 6.86. The van der Waals surface area contributed by atoms with Gasteiger partial charge in [0.25, 0.3) is 5.69 Å². The predicted octanol–water partition coefficient (Wildman–Crippen LogP) is 6.31. The van der Waals surface area contributed by atoms with Gasteiger partial charge in [-0.3, -0.25) is 10.1 Å². The first-order valence-electron chi connectivity index (χ1n) is 8.44. The number of azo groups is 1. The molecule has 0 unspecified atom stereocenters. The van der Waals surface area contributed by atoms with Crippen molar-refractivity contribution in [3.05, 3.63) is 57.6 Å². The smallest absolute Gasteiger partial charge is 0.296 e. The molecule has 0 saturated carbocycles. The highest BCUT2D eigenvalue weighted by Gasteiger charge is 2.26. The van der Waals surface area contributed by atoms with Gasteiger partial charge in [0.2, 0.25) is 0 Å². The van der Waals surface area contributed by atoms with Crippen LogP contribution in [0.2, 0.25) is 0 Å². The number of hydrogen-bond donors (Lipinski definition) is 1. The SMILES string of the molecule is CC(C)(C)c1cc(N=Nc2ccccc2[N+](=O)[O-])cc(C(C)(C)C)c1O. The first-order valence-corrected chi connectivity index (χ1v) is 8.44. The van der Waals surface area contributed by atoms with Crippen molar-refractivity contribution in [3.8, 4) is 5.75 Å². The van der Waals surface area contributed by atoms with Crippen LogP contribution in [-0.2, 0) is 10.8 Å². The zero-order chi connectivity index (χ0) is 19.7. The molecular weight excluding hydrogens is 330 g/mol.